The van der Waals surface area contributed by atoms with E-state index in [0.717, 1.165) is 18.2 Å². The van der Waals surface area contributed by atoms with E-state index in [1.54, 1.807) is 0 Å². The van der Waals surface area contributed by atoms with Crippen molar-refractivity contribution in [1.82, 2.24) is 4.31 Å². The van der Waals surface area contributed by atoms with Gasteiger partial charge in [-0.25, -0.2) is 12.8 Å². The third kappa shape index (κ3) is 2.61. The van der Waals surface area contributed by atoms with Gasteiger partial charge in [0.15, 0.2) is 0 Å². The van der Waals surface area contributed by atoms with Gasteiger partial charge in [-0.2, -0.15) is 9.57 Å². The van der Waals surface area contributed by atoms with Crippen LogP contribution in [-0.4, -0.2) is 47.6 Å². The van der Waals surface area contributed by atoms with Crippen LogP contribution in [0.5, 0.6) is 0 Å². The Bertz CT molecular complexity index is 728. The zero-order chi connectivity index (χ0) is 15.8. The van der Waals surface area contributed by atoms with Gasteiger partial charge in [0.25, 0.3) is 0 Å². The van der Waals surface area contributed by atoms with Gasteiger partial charge in [-0.3, -0.25) is 4.79 Å². The molecular weight excluding hydrogens is 303 g/mol. The monoisotopic (exact) mass is 314 g/mol. The standard InChI is InChI=1S/C12H11FN2O5S/c13-9-2-1-3-11(8(9)5-14)21(19,20)15-6-7(16)4-10(15)12(17)18/h1-3,7,10,16H,4,6H2,(H,17,18)/t7-,10+/m1/s1. The molecule has 1 aliphatic heterocycles. The minimum atomic E-state index is -4.40. The number of nitriles is 1. The van der Waals surface area contributed by atoms with Crippen LogP contribution in [0.1, 0.15) is 12.0 Å². The second kappa shape index (κ2) is 5.40. The normalized spacial score (nSPS) is 22.9. The van der Waals surface area contributed by atoms with Gasteiger partial charge in [0.2, 0.25) is 10.0 Å². The molecule has 2 atom stereocenters. The third-order valence-electron chi connectivity index (χ3n) is 3.19. The summed E-state index contributed by atoms with van der Waals surface area (Å²) in [5.74, 6) is -2.42. The highest BCUT2D eigenvalue weighted by atomic mass is 32.2. The summed E-state index contributed by atoms with van der Waals surface area (Å²) in [6.45, 7) is -0.416. The molecule has 7 nitrogen and oxygen atoms in total. The van der Waals surface area contributed by atoms with E-state index in [-0.39, 0.29) is 6.42 Å². The van der Waals surface area contributed by atoms with Crippen LogP contribution < -0.4 is 0 Å². The van der Waals surface area contributed by atoms with Crippen molar-refractivity contribution in [2.24, 2.45) is 0 Å². The van der Waals surface area contributed by atoms with E-state index in [0.29, 0.717) is 4.31 Å². The average molecular weight is 314 g/mol. The number of aliphatic hydroxyl groups is 1. The van der Waals surface area contributed by atoms with Gasteiger partial charge in [-0.15, -0.1) is 0 Å². The molecule has 1 fully saturated rings. The summed E-state index contributed by atoms with van der Waals surface area (Å²) in [4.78, 5) is 10.5. The van der Waals surface area contributed by atoms with Crippen LogP contribution in [0.2, 0.25) is 0 Å². The van der Waals surface area contributed by atoms with Crippen molar-refractivity contribution in [3.8, 4) is 6.07 Å². The van der Waals surface area contributed by atoms with E-state index >= 15 is 0 Å². The van der Waals surface area contributed by atoms with Crippen LogP contribution in [0.25, 0.3) is 0 Å². The largest absolute Gasteiger partial charge is 0.480 e. The van der Waals surface area contributed by atoms with Crippen molar-refractivity contribution in [1.29, 1.82) is 5.26 Å². The van der Waals surface area contributed by atoms with Gasteiger partial charge in [0, 0.05) is 13.0 Å². The number of hydrogen-bond acceptors (Lipinski definition) is 5. The fourth-order valence-electron chi connectivity index (χ4n) is 2.23. The molecular formula is C12H11FN2O5S. The first-order chi connectivity index (χ1) is 9.78. The number of aliphatic carboxylic acids is 1. The molecule has 1 aliphatic rings. The summed E-state index contributed by atoms with van der Waals surface area (Å²) < 4.78 is 39.0. The molecule has 1 saturated heterocycles. The van der Waals surface area contributed by atoms with Crippen LogP contribution in [-0.2, 0) is 14.8 Å². The Morgan fingerprint density at radius 2 is 2.14 bits per heavy atom. The topological polar surface area (TPSA) is 119 Å². The Balaban J connectivity index is 2.55. The highest BCUT2D eigenvalue weighted by Gasteiger charge is 2.44. The van der Waals surface area contributed by atoms with E-state index < -0.39 is 51.0 Å². The maximum atomic E-state index is 13.5. The quantitative estimate of drug-likeness (QED) is 0.804. The van der Waals surface area contributed by atoms with Crippen molar-refractivity contribution < 1.29 is 27.8 Å². The number of carbonyl (C=O) groups is 1. The second-order valence-corrected chi connectivity index (χ2v) is 6.40. The van der Waals surface area contributed by atoms with Crippen molar-refractivity contribution in [2.45, 2.75) is 23.5 Å². The SMILES string of the molecule is N#Cc1c(F)cccc1S(=O)(=O)N1C[C@H](O)C[C@H]1C(=O)O. The van der Waals surface area contributed by atoms with Crippen LogP contribution >= 0.6 is 0 Å². The zero-order valence-corrected chi connectivity index (χ0v) is 11.4. The van der Waals surface area contributed by atoms with Crippen molar-refractivity contribution in [2.75, 3.05) is 6.54 Å². The van der Waals surface area contributed by atoms with E-state index in [2.05, 4.69) is 0 Å². The number of hydrogen-bond donors (Lipinski definition) is 2. The fourth-order valence-corrected chi connectivity index (χ4v) is 4.01. The molecule has 1 heterocycles. The van der Waals surface area contributed by atoms with Crippen LogP contribution in [0.3, 0.4) is 0 Å². The molecule has 0 saturated carbocycles. The summed E-state index contributed by atoms with van der Waals surface area (Å²) in [6.07, 6.45) is -1.38. The molecule has 21 heavy (non-hydrogen) atoms. The molecule has 2 N–H and O–H groups in total. The highest BCUT2D eigenvalue weighted by Crippen LogP contribution is 2.29. The Labute approximate surface area is 119 Å². The molecule has 0 amide bonds. The van der Waals surface area contributed by atoms with E-state index in [1.807, 2.05) is 0 Å². The number of β-amino-alcohol motifs (C(OH)–C–C–N with tert-alkyl or cyclic N) is 1. The van der Waals surface area contributed by atoms with Crippen molar-refractivity contribution in [3.05, 3.63) is 29.6 Å². The van der Waals surface area contributed by atoms with Gasteiger partial charge < -0.3 is 10.2 Å². The van der Waals surface area contributed by atoms with Gasteiger partial charge in [-0.1, -0.05) is 6.07 Å². The van der Waals surface area contributed by atoms with Gasteiger partial charge in [0.1, 0.15) is 28.4 Å². The maximum Gasteiger partial charge on any atom is 0.322 e. The smallest absolute Gasteiger partial charge is 0.322 e. The summed E-state index contributed by atoms with van der Waals surface area (Å²) in [6, 6.07) is 3.09. The first kappa shape index (κ1) is 15.4. The second-order valence-electron chi connectivity index (χ2n) is 4.54. The minimum Gasteiger partial charge on any atom is -0.480 e. The Hall–Kier alpha value is -2.02. The first-order valence-electron chi connectivity index (χ1n) is 5.90. The Morgan fingerprint density at radius 3 is 2.71 bits per heavy atom. The summed E-state index contributed by atoms with van der Waals surface area (Å²) in [5, 5.41) is 27.4. The molecule has 1 aromatic rings. The van der Waals surface area contributed by atoms with Gasteiger partial charge in [-0.05, 0) is 12.1 Å². The lowest BCUT2D eigenvalue weighted by Crippen LogP contribution is -2.40. The highest BCUT2D eigenvalue weighted by molar-refractivity contribution is 7.89. The van der Waals surface area contributed by atoms with Gasteiger partial charge in [0.05, 0.1) is 6.10 Å². The summed E-state index contributed by atoms with van der Waals surface area (Å²) in [7, 11) is -4.40. The molecule has 0 radical (unpaired) electrons. The molecule has 0 bridgehead atoms. The predicted molar refractivity (Wildman–Crippen MR) is 67.1 cm³/mol. The lowest BCUT2D eigenvalue weighted by molar-refractivity contribution is -0.140. The maximum absolute atomic E-state index is 13.5. The molecule has 2 rings (SSSR count). The van der Waals surface area contributed by atoms with E-state index in [9.17, 15) is 22.7 Å². The number of carboxylic acid groups (broad SMARTS) is 1. The molecule has 0 unspecified atom stereocenters. The zero-order valence-electron chi connectivity index (χ0n) is 10.6. The first-order valence-corrected chi connectivity index (χ1v) is 7.34. The number of aliphatic hydroxyl groups excluding tert-OH is 1. The molecule has 1 aromatic carbocycles. The van der Waals surface area contributed by atoms with Gasteiger partial charge >= 0.3 is 5.97 Å². The number of sulfonamides is 1. The number of halogens is 1. The number of benzene rings is 1. The minimum absolute atomic E-state index is 0.258. The average Bonchev–Trinajstić information content (AvgIpc) is 2.81. The number of carboxylic acids is 1. The van der Waals surface area contributed by atoms with Crippen molar-refractivity contribution in [3.63, 3.8) is 0 Å². The number of rotatable bonds is 3. The Morgan fingerprint density at radius 1 is 1.48 bits per heavy atom. The molecule has 0 aliphatic carbocycles. The van der Waals surface area contributed by atoms with E-state index in [4.69, 9.17) is 10.4 Å². The lowest BCUT2D eigenvalue weighted by atomic mass is 10.2. The Kier molecular flexibility index (Phi) is 3.95. The third-order valence-corrected chi connectivity index (χ3v) is 5.11. The molecule has 9 heteroatoms. The van der Waals surface area contributed by atoms with Crippen LogP contribution in [0.15, 0.2) is 23.1 Å². The number of nitrogens with zero attached hydrogens (tertiary/aromatic N) is 2. The van der Waals surface area contributed by atoms with Crippen LogP contribution in [0.4, 0.5) is 4.39 Å². The molecule has 0 aromatic heterocycles. The van der Waals surface area contributed by atoms with Crippen molar-refractivity contribution >= 4 is 16.0 Å². The predicted octanol–water partition coefficient (Wildman–Crippen LogP) is -0.0941. The summed E-state index contributed by atoms with van der Waals surface area (Å²) >= 11 is 0. The van der Waals surface area contributed by atoms with Crippen LogP contribution in [0, 0.1) is 17.1 Å². The fraction of sp³-hybridized carbons (Fsp3) is 0.333. The summed E-state index contributed by atoms with van der Waals surface area (Å²) in [5.41, 5.74) is -0.678. The van der Waals surface area contributed by atoms with E-state index in [1.165, 1.54) is 6.07 Å². The molecule has 0 spiro atoms. The molecule has 112 valence electrons. The lowest BCUT2D eigenvalue weighted by Gasteiger charge is -2.21.